The Labute approximate surface area is 308 Å². The van der Waals surface area contributed by atoms with Gasteiger partial charge in [-0.05, 0) is 117 Å². The second kappa shape index (κ2) is 14.9. The number of benzene rings is 5. The molecule has 0 radical (unpaired) electrons. The van der Waals surface area contributed by atoms with Crippen molar-refractivity contribution in [1.29, 1.82) is 0 Å². The molecule has 0 spiro atoms. The topological polar surface area (TPSA) is 107 Å². The standard InChI is InChI=1S/C39H28F8O7S/c1-15-9-22(10-16(2)37(15)53-25-8-7-21(20(6)48)13-24(25)14-55(50,51)52)23-11-17(3)38(18(4)12-23)54-39-34(46)32(44)27(33(45)35(39)47)36(49)26-30(42)28(40)19(5)29(41)31(26)43/h7-13H,14H2,1-6H3,(H,50,51,52). The molecule has 1 N–H and O–H groups in total. The van der Waals surface area contributed by atoms with Gasteiger partial charge in [-0.15, -0.1) is 0 Å². The number of hydrogen-bond acceptors (Lipinski definition) is 6. The van der Waals surface area contributed by atoms with Crippen LogP contribution < -0.4 is 9.47 Å². The molecule has 0 saturated heterocycles. The van der Waals surface area contributed by atoms with Crippen molar-refractivity contribution >= 4 is 21.7 Å². The van der Waals surface area contributed by atoms with E-state index in [1.807, 2.05) is 0 Å². The second-order valence-electron chi connectivity index (χ2n) is 12.7. The van der Waals surface area contributed by atoms with Crippen molar-refractivity contribution in [2.75, 3.05) is 0 Å². The minimum absolute atomic E-state index is 0.0358. The van der Waals surface area contributed by atoms with Gasteiger partial charge in [0.2, 0.25) is 23.2 Å². The fraction of sp³-hybridized carbons (Fsp3) is 0.179. The Kier molecular flexibility index (Phi) is 11.0. The Morgan fingerprint density at radius 3 is 1.38 bits per heavy atom. The lowest BCUT2D eigenvalue weighted by molar-refractivity contribution is 0.100. The molecule has 0 fully saturated rings. The van der Waals surface area contributed by atoms with Crippen molar-refractivity contribution in [3.05, 3.63) is 139 Å². The fourth-order valence-corrected chi connectivity index (χ4v) is 6.56. The Hall–Kier alpha value is -5.61. The summed E-state index contributed by atoms with van der Waals surface area (Å²) in [4.78, 5) is 24.6. The molecule has 0 aliphatic rings. The zero-order valence-corrected chi connectivity index (χ0v) is 30.4. The summed E-state index contributed by atoms with van der Waals surface area (Å²) in [6.45, 7) is 8.17. The second-order valence-corrected chi connectivity index (χ2v) is 14.2. The number of carbonyl (C=O) groups is 2. The maximum atomic E-state index is 15.3. The van der Waals surface area contributed by atoms with Gasteiger partial charge in [-0.3, -0.25) is 14.1 Å². The van der Waals surface area contributed by atoms with Crippen molar-refractivity contribution < 1.29 is 67.2 Å². The highest BCUT2D eigenvalue weighted by molar-refractivity contribution is 7.85. The van der Waals surface area contributed by atoms with E-state index in [9.17, 15) is 40.1 Å². The van der Waals surface area contributed by atoms with Gasteiger partial charge in [-0.25, -0.2) is 26.3 Å². The first-order chi connectivity index (χ1) is 25.5. The lowest BCUT2D eigenvalue weighted by Gasteiger charge is -2.18. The van der Waals surface area contributed by atoms with Crippen molar-refractivity contribution in [3.63, 3.8) is 0 Å². The largest absolute Gasteiger partial charge is 0.456 e. The molecule has 5 aromatic rings. The number of Topliss-reactive ketones (excluding diaryl/α,β-unsaturated/α-hetero) is 1. The van der Waals surface area contributed by atoms with Gasteiger partial charge < -0.3 is 9.47 Å². The predicted molar refractivity (Wildman–Crippen MR) is 183 cm³/mol. The first kappa shape index (κ1) is 40.6. The highest BCUT2D eigenvalue weighted by Gasteiger charge is 2.36. The zero-order chi connectivity index (χ0) is 41.0. The van der Waals surface area contributed by atoms with Crippen LogP contribution in [0.2, 0.25) is 0 Å². The van der Waals surface area contributed by atoms with Crippen molar-refractivity contribution in [2.24, 2.45) is 0 Å². The number of carbonyl (C=O) groups excluding carboxylic acids is 2. The molecule has 0 saturated carbocycles. The molecule has 7 nitrogen and oxygen atoms in total. The average Bonchev–Trinajstić information content (AvgIpc) is 3.09. The molecule has 16 heteroatoms. The third-order valence-electron chi connectivity index (χ3n) is 8.64. The Balaban J connectivity index is 1.49. The van der Waals surface area contributed by atoms with Gasteiger partial charge in [-0.1, -0.05) is 0 Å². The summed E-state index contributed by atoms with van der Waals surface area (Å²) in [7, 11) is -4.50. The number of aryl methyl sites for hydroxylation is 4. The van der Waals surface area contributed by atoms with Crippen LogP contribution >= 0.6 is 0 Å². The summed E-state index contributed by atoms with van der Waals surface area (Å²) in [5.41, 5.74) is -2.61. The van der Waals surface area contributed by atoms with Crippen LogP contribution in [-0.4, -0.2) is 24.5 Å². The first-order valence-electron chi connectivity index (χ1n) is 15.9. The van der Waals surface area contributed by atoms with E-state index in [2.05, 4.69) is 0 Å². The molecule has 0 heterocycles. The molecule has 0 atom stereocenters. The molecule has 288 valence electrons. The van der Waals surface area contributed by atoms with E-state index >= 15 is 17.6 Å². The predicted octanol–water partition coefficient (Wildman–Crippen LogP) is 10.4. The lowest BCUT2D eigenvalue weighted by atomic mass is 9.96. The van der Waals surface area contributed by atoms with Gasteiger partial charge in [0, 0.05) is 16.7 Å². The van der Waals surface area contributed by atoms with Gasteiger partial charge >= 0.3 is 0 Å². The Morgan fingerprint density at radius 1 is 0.582 bits per heavy atom. The van der Waals surface area contributed by atoms with E-state index in [-0.39, 0.29) is 39.5 Å². The lowest BCUT2D eigenvalue weighted by Crippen LogP contribution is -2.18. The quantitative estimate of drug-likeness (QED) is 0.0649. The van der Waals surface area contributed by atoms with Crippen LogP contribution in [0.5, 0.6) is 23.0 Å². The van der Waals surface area contributed by atoms with E-state index in [0.29, 0.717) is 34.9 Å². The van der Waals surface area contributed by atoms with Crippen LogP contribution in [0.3, 0.4) is 0 Å². The van der Waals surface area contributed by atoms with Gasteiger partial charge in [0.05, 0.1) is 0 Å². The van der Waals surface area contributed by atoms with Gasteiger partial charge in [0.15, 0.2) is 40.7 Å². The third-order valence-corrected chi connectivity index (χ3v) is 9.31. The van der Waals surface area contributed by atoms with Crippen LogP contribution in [0.15, 0.2) is 42.5 Å². The highest BCUT2D eigenvalue weighted by Crippen LogP contribution is 2.41. The van der Waals surface area contributed by atoms with Crippen molar-refractivity contribution in [2.45, 2.75) is 47.3 Å². The summed E-state index contributed by atoms with van der Waals surface area (Å²) in [5.74, 6) is -23.3. The summed E-state index contributed by atoms with van der Waals surface area (Å²) in [6.07, 6.45) is 0. The third kappa shape index (κ3) is 7.69. The van der Waals surface area contributed by atoms with Crippen LogP contribution in [0.4, 0.5) is 35.1 Å². The number of rotatable bonds is 10. The molecule has 5 rings (SSSR count). The molecule has 0 aromatic heterocycles. The monoisotopic (exact) mass is 792 g/mol. The molecule has 0 unspecified atom stereocenters. The minimum atomic E-state index is -4.50. The van der Waals surface area contributed by atoms with Crippen LogP contribution in [0.25, 0.3) is 11.1 Å². The van der Waals surface area contributed by atoms with E-state index in [1.165, 1.54) is 51.1 Å². The van der Waals surface area contributed by atoms with Crippen LogP contribution in [-0.2, 0) is 15.9 Å². The summed E-state index contributed by atoms with van der Waals surface area (Å²) in [6, 6.07) is 10.5. The Morgan fingerprint density at radius 2 is 0.982 bits per heavy atom. The van der Waals surface area contributed by atoms with E-state index in [1.54, 1.807) is 26.0 Å². The molecule has 0 bridgehead atoms. The van der Waals surface area contributed by atoms with Crippen LogP contribution in [0.1, 0.15) is 66.6 Å². The first-order valence-corrected chi connectivity index (χ1v) is 17.6. The van der Waals surface area contributed by atoms with Crippen molar-refractivity contribution in [3.8, 4) is 34.1 Å². The van der Waals surface area contributed by atoms with E-state index < -0.39 is 90.6 Å². The Bertz CT molecular complexity index is 2480. The smallest absolute Gasteiger partial charge is 0.269 e. The summed E-state index contributed by atoms with van der Waals surface area (Å²) < 4.78 is 162. The molecule has 5 aromatic carbocycles. The number of hydrogen-bond donors (Lipinski definition) is 1. The number of halogens is 8. The van der Waals surface area contributed by atoms with Gasteiger partial charge in [-0.2, -0.15) is 17.2 Å². The molecule has 0 aliphatic heterocycles. The molecule has 0 amide bonds. The SMILES string of the molecule is CC(=O)c1ccc(Oc2c(C)cc(-c3cc(C)c(Oc4c(F)c(F)c(C(=O)c5c(F)c(F)c(C)c(F)c5F)c(F)c4F)c(C)c3)cc2C)c(CS(=O)(=O)O)c1. The normalized spacial score (nSPS) is 11.5. The fourth-order valence-electron chi connectivity index (χ4n) is 5.94. The number of ether oxygens (including phenoxy) is 2. The van der Waals surface area contributed by atoms with Crippen LogP contribution in [0, 0.1) is 81.2 Å². The maximum Gasteiger partial charge on any atom is 0.269 e. The number of ketones is 2. The van der Waals surface area contributed by atoms with E-state index in [4.69, 9.17) is 9.47 Å². The molecule has 0 aliphatic carbocycles. The van der Waals surface area contributed by atoms with E-state index in [0.717, 1.165) is 0 Å². The maximum absolute atomic E-state index is 15.3. The van der Waals surface area contributed by atoms with Gasteiger partial charge in [0.1, 0.15) is 34.1 Å². The summed E-state index contributed by atoms with van der Waals surface area (Å²) in [5, 5.41) is 0. The highest BCUT2D eigenvalue weighted by atomic mass is 32.2. The molecular formula is C39H28F8O7S. The van der Waals surface area contributed by atoms with Crippen molar-refractivity contribution in [1.82, 2.24) is 0 Å². The minimum Gasteiger partial charge on any atom is -0.456 e. The molecular weight excluding hydrogens is 764 g/mol. The summed E-state index contributed by atoms with van der Waals surface area (Å²) >= 11 is 0. The average molecular weight is 793 g/mol. The van der Waals surface area contributed by atoms with Gasteiger partial charge in [0.25, 0.3) is 10.1 Å². The zero-order valence-electron chi connectivity index (χ0n) is 29.6. The molecule has 55 heavy (non-hydrogen) atoms.